The fourth-order valence-electron chi connectivity index (χ4n) is 3.51. The second-order valence-electron chi connectivity index (χ2n) is 7.04. The molecule has 3 aromatic rings. The minimum Gasteiger partial charge on any atom is -0.351 e. The van der Waals surface area contributed by atoms with E-state index in [0.29, 0.717) is 32.5 Å². The van der Waals surface area contributed by atoms with Gasteiger partial charge in [-0.25, -0.2) is 4.98 Å². The number of thiazole rings is 1. The van der Waals surface area contributed by atoms with E-state index in [2.05, 4.69) is 15.3 Å². The normalized spacial score (nSPS) is 16.6. The van der Waals surface area contributed by atoms with E-state index >= 15 is 0 Å². The van der Waals surface area contributed by atoms with E-state index in [1.165, 1.54) is 11.3 Å². The number of amides is 2. The molecule has 3 heterocycles. The largest absolute Gasteiger partial charge is 0.351 e. The van der Waals surface area contributed by atoms with Crippen molar-refractivity contribution in [2.75, 3.05) is 6.54 Å². The molecule has 7 heteroatoms. The molecule has 0 aliphatic carbocycles. The number of hydrogen-bond donors (Lipinski definition) is 1. The van der Waals surface area contributed by atoms with Crippen molar-refractivity contribution in [3.8, 4) is 11.3 Å². The second-order valence-corrected chi connectivity index (χ2v) is 7.98. The van der Waals surface area contributed by atoms with Crippen molar-refractivity contribution in [1.82, 2.24) is 20.2 Å². The number of nitrogens with one attached hydrogen (secondary N) is 1. The van der Waals surface area contributed by atoms with Crippen LogP contribution in [0.1, 0.15) is 23.4 Å². The predicted octanol–water partition coefficient (Wildman–Crippen LogP) is 3.26. The zero-order valence-corrected chi connectivity index (χ0v) is 16.8. The lowest BCUT2D eigenvalue weighted by atomic mass is 9.96. The molecule has 0 saturated carbocycles. The number of benzene rings is 1. The Balaban J connectivity index is 1.37. The molecule has 1 unspecified atom stereocenters. The van der Waals surface area contributed by atoms with Crippen LogP contribution < -0.4 is 5.32 Å². The minimum absolute atomic E-state index is 0.0177. The van der Waals surface area contributed by atoms with Crippen LogP contribution >= 0.6 is 11.3 Å². The van der Waals surface area contributed by atoms with E-state index in [9.17, 15) is 9.59 Å². The van der Waals surface area contributed by atoms with Gasteiger partial charge in [0.25, 0.3) is 0 Å². The Morgan fingerprint density at radius 1 is 1.14 bits per heavy atom. The predicted molar refractivity (Wildman–Crippen MR) is 112 cm³/mol. The lowest BCUT2D eigenvalue weighted by Gasteiger charge is -2.31. The maximum atomic E-state index is 12.8. The van der Waals surface area contributed by atoms with Gasteiger partial charge < -0.3 is 10.2 Å². The standard InChI is InChI=1S/C22H22N4O2S/c27-20-10-9-17(13-26(20)14-18-8-4-5-11-23-18)22(28)24-12-19-21(25-15-29-19)16-6-2-1-3-7-16/h1-8,11,15,17H,9-10,12-14H2,(H,24,28). The smallest absolute Gasteiger partial charge is 0.225 e. The van der Waals surface area contributed by atoms with Crippen molar-refractivity contribution in [1.29, 1.82) is 0 Å². The summed E-state index contributed by atoms with van der Waals surface area (Å²) in [6.45, 7) is 1.31. The Morgan fingerprint density at radius 2 is 1.97 bits per heavy atom. The lowest BCUT2D eigenvalue weighted by molar-refractivity contribution is -0.139. The quantitative estimate of drug-likeness (QED) is 0.682. The summed E-state index contributed by atoms with van der Waals surface area (Å²) in [7, 11) is 0. The topological polar surface area (TPSA) is 75.2 Å². The Labute approximate surface area is 173 Å². The molecule has 6 nitrogen and oxygen atoms in total. The maximum Gasteiger partial charge on any atom is 0.225 e. The Hall–Kier alpha value is -3.06. The van der Waals surface area contributed by atoms with Gasteiger partial charge in [0.1, 0.15) is 0 Å². The molecule has 2 aromatic heterocycles. The van der Waals surface area contributed by atoms with Crippen molar-refractivity contribution in [3.05, 3.63) is 70.8 Å². The summed E-state index contributed by atoms with van der Waals surface area (Å²) in [5.41, 5.74) is 4.59. The Bertz CT molecular complexity index is 975. The van der Waals surface area contributed by atoms with Gasteiger partial charge in [0.05, 0.1) is 40.8 Å². The Morgan fingerprint density at radius 3 is 2.76 bits per heavy atom. The average molecular weight is 407 g/mol. The highest BCUT2D eigenvalue weighted by atomic mass is 32.1. The zero-order valence-electron chi connectivity index (χ0n) is 16.0. The highest BCUT2D eigenvalue weighted by Gasteiger charge is 2.30. The van der Waals surface area contributed by atoms with Crippen molar-refractivity contribution < 1.29 is 9.59 Å². The molecule has 1 aliphatic rings. The van der Waals surface area contributed by atoms with Gasteiger partial charge >= 0.3 is 0 Å². The third kappa shape index (κ3) is 4.68. The van der Waals surface area contributed by atoms with E-state index in [0.717, 1.165) is 21.8 Å². The van der Waals surface area contributed by atoms with E-state index in [-0.39, 0.29) is 17.7 Å². The first-order valence-corrected chi connectivity index (χ1v) is 10.5. The van der Waals surface area contributed by atoms with E-state index < -0.39 is 0 Å². The van der Waals surface area contributed by atoms with Gasteiger partial charge in [0, 0.05) is 24.7 Å². The molecule has 1 aliphatic heterocycles. The molecule has 148 valence electrons. The molecule has 29 heavy (non-hydrogen) atoms. The van der Waals surface area contributed by atoms with Crippen molar-refractivity contribution in [3.63, 3.8) is 0 Å². The van der Waals surface area contributed by atoms with Gasteiger partial charge in [0.15, 0.2) is 0 Å². The highest BCUT2D eigenvalue weighted by Crippen LogP contribution is 2.25. The first-order chi connectivity index (χ1) is 14.2. The van der Waals surface area contributed by atoms with Gasteiger partial charge in [-0.3, -0.25) is 14.6 Å². The first-order valence-electron chi connectivity index (χ1n) is 9.64. The number of rotatable bonds is 6. The van der Waals surface area contributed by atoms with Crippen LogP contribution in [0.2, 0.25) is 0 Å². The number of aromatic nitrogens is 2. The highest BCUT2D eigenvalue weighted by molar-refractivity contribution is 7.10. The summed E-state index contributed by atoms with van der Waals surface area (Å²) in [5, 5.41) is 3.04. The van der Waals surface area contributed by atoms with E-state index in [1.807, 2.05) is 48.5 Å². The summed E-state index contributed by atoms with van der Waals surface area (Å²) in [4.78, 5) is 36.5. The molecule has 1 fully saturated rings. The Kier molecular flexibility index (Phi) is 5.95. The summed E-state index contributed by atoms with van der Waals surface area (Å²) in [6, 6.07) is 15.6. The fraction of sp³-hybridized carbons (Fsp3) is 0.273. The van der Waals surface area contributed by atoms with Gasteiger partial charge in [-0.05, 0) is 18.6 Å². The molecule has 2 amide bonds. The molecule has 1 aromatic carbocycles. The number of pyridine rings is 1. The van der Waals surface area contributed by atoms with Crippen molar-refractivity contribution >= 4 is 23.2 Å². The minimum atomic E-state index is -0.204. The van der Waals surface area contributed by atoms with E-state index in [1.54, 1.807) is 16.6 Å². The summed E-state index contributed by atoms with van der Waals surface area (Å²) < 4.78 is 0. The molecule has 1 saturated heterocycles. The van der Waals surface area contributed by atoms with Gasteiger partial charge in [-0.15, -0.1) is 11.3 Å². The molecule has 0 radical (unpaired) electrons. The monoisotopic (exact) mass is 406 g/mol. The number of carbonyl (C=O) groups excluding carboxylic acids is 2. The summed E-state index contributed by atoms with van der Waals surface area (Å²) in [6.07, 6.45) is 2.69. The molecule has 1 N–H and O–H groups in total. The van der Waals surface area contributed by atoms with Crippen LogP contribution in [-0.4, -0.2) is 33.2 Å². The first kappa shape index (κ1) is 19.3. The summed E-state index contributed by atoms with van der Waals surface area (Å²) >= 11 is 1.54. The van der Waals surface area contributed by atoms with Crippen LogP contribution in [0, 0.1) is 5.92 Å². The van der Waals surface area contributed by atoms with Crippen molar-refractivity contribution in [2.45, 2.75) is 25.9 Å². The van der Waals surface area contributed by atoms with Crippen molar-refractivity contribution in [2.24, 2.45) is 5.92 Å². The third-order valence-corrected chi connectivity index (χ3v) is 5.89. The number of likely N-dealkylation sites (tertiary alicyclic amines) is 1. The van der Waals surface area contributed by atoms with Crippen LogP contribution in [-0.2, 0) is 22.7 Å². The lowest BCUT2D eigenvalue weighted by Crippen LogP contribution is -2.45. The molecule has 4 rings (SSSR count). The third-order valence-electron chi connectivity index (χ3n) is 5.06. The number of hydrogen-bond acceptors (Lipinski definition) is 5. The van der Waals surface area contributed by atoms with Gasteiger partial charge in [-0.2, -0.15) is 0 Å². The second kappa shape index (κ2) is 8.96. The molecular weight excluding hydrogens is 384 g/mol. The van der Waals surface area contributed by atoms with Crippen LogP contribution in [0.25, 0.3) is 11.3 Å². The molecule has 1 atom stereocenters. The van der Waals surface area contributed by atoms with Crippen LogP contribution in [0.5, 0.6) is 0 Å². The van der Waals surface area contributed by atoms with Crippen LogP contribution in [0.3, 0.4) is 0 Å². The SMILES string of the molecule is O=C(NCc1scnc1-c1ccccc1)C1CCC(=O)N(Cc2ccccn2)C1. The fourth-order valence-corrected chi connectivity index (χ4v) is 4.23. The molecular formula is C22H22N4O2S. The van der Waals surface area contributed by atoms with Crippen LogP contribution in [0.4, 0.5) is 0 Å². The number of carbonyl (C=O) groups is 2. The number of piperidine rings is 1. The summed E-state index contributed by atoms with van der Waals surface area (Å²) in [5.74, 6) is -0.144. The molecule has 0 bridgehead atoms. The number of nitrogens with zero attached hydrogens (tertiary/aromatic N) is 3. The van der Waals surface area contributed by atoms with Crippen LogP contribution in [0.15, 0.2) is 60.2 Å². The maximum absolute atomic E-state index is 12.8. The average Bonchev–Trinajstić information content (AvgIpc) is 3.23. The van der Waals surface area contributed by atoms with Gasteiger partial charge in [-0.1, -0.05) is 36.4 Å². The van der Waals surface area contributed by atoms with E-state index in [4.69, 9.17) is 0 Å². The zero-order chi connectivity index (χ0) is 20.1. The molecule has 0 spiro atoms. The van der Waals surface area contributed by atoms with Gasteiger partial charge in [0.2, 0.25) is 11.8 Å².